The molecule has 1 aliphatic carbocycles. The molecule has 10 heteroatoms. The number of pyridine rings is 1. The molecule has 2 aliphatic rings. The van der Waals surface area contributed by atoms with Gasteiger partial charge in [0.15, 0.2) is 5.65 Å². The van der Waals surface area contributed by atoms with E-state index in [0.29, 0.717) is 11.1 Å². The van der Waals surface area contributed by atoms with Gasteiger partial charge in [0.25, 0.3) is 12.2 Å². The van der Waals surface area contributed by atoms with Gasteiger partial charge in [0.1, 0.15) is 0 Å². The molecule has 5 nitrogen and oxygen atoms in total. The molecular formula is C17H13F5N4O. The zero-order valence-electron chi connectivity index (χ0n) is 13.9. The minimum absolute atomic E-state index is 0.108. The van der Waals surface area contributed by atoms with Crippen LogP contribution in [-0.4, -0.2) is 20.5 Å². The summed E-state index contributed by atoms with van der Waals surface area (Å²) in [7, 11) is 0. The molecule has 1 aliphatic heterocycles. The average molecular weight is 384 g/mol. The fraction of sp³-hybridized carbons (Fsp3) is 0.353. The number of hydrogen-bond donors (Lipinski definition) is 1. The Labute approximate surface area is 149 Å². The van der Waals surface area contributed by atoms with Gasteiger partial charge in [0.05, 0.1) is 5.69 Å². The SMILES string of the molecule is CC1=C2NC(=O)CC2CC(c2c(C(F)F)ccc3nc(C(F)(F)F)nn23)=C1. The third-order valence-corrected chi connectivity index (χ3v) is 4.72. The van der Waals surface area contributed by atoms with Crippen molar-refractivity contribution in [2.24, 2.45) is 5.92 Å². The molecule has 0 aromatic carbocycles. The Morgan fingerprint density at radius 3 is 2.67 bits per heavy atom. The lowest BCUT2D eigenvalue weighted by atomic mass is 9.85. The smallest absolute Gasteiger partial charge is 0.329 e. The van der Waals surface area contributed by atoms with Crippen molar-refractivity contribution >= 4 is 17.1 Å². The van der Waals surface area contributed by atoms with Gasteiger partial charge in [0.2, 0.25) is 5.91 Å². The molecule has 0 radical (unpaired) electrons. The Bertz CT molecular complexity index is 1020. The molecule has 1 atom stereocenters. The summed E-state index contributed by atoms with van der Waals surface area (Å²) in [4.78, 5) is 15.1. The lowest BCUT2D eigenvalue weighted by Gasteiger charge is -2.23. The second-order valence-corrected chi connectivity index (χ2v) is 6.56. The number of carbonyl (C=O) groups excluding carboxylic acids is 1. The summed E-state index contributed by atoms with van der Waals surface area (Å²) in [5, 5.41) is 6.18. The number of nitrogens with one attached hydrogen (secondary N) is 1. The number of alkyl halides is 5. The van der Waals surface area contributed by atoms with Gasteiger partial charge < -0.3 is 5.32 Å². The van der Waals surface area contributed by atoms with Gasteiger partial charge in [-0.05, 0) is 36.6 Å². The Morgan fingerprint density at radius 1 is 1.26 bits per heavy atom. The van der Waals surface area contributed by atoms with Crippen LogP contribution in [0.5, 0.6) is 0 Å². The quantitative estimate of drug-likeness (QED) is 0.800. The molecule has 1 amide bonds. The minimum Gasteiger partial charge on any atom is -0.329 e. The summed E-state index contributed by atoms with van der Waals surface area (Å²) >= 11 is 0. The topological polar surface area (TPSA) is 59.3 Å². The first kappa shape index (κ1) is 17.6. The first-order chi connectivity index (χ1) is 12.6. The molecule has 4 rings (SSSR count). The van der Waals surface area contributed by atoms with E-state index in [1.165, 1.54) is 0 Å². The summed E-state index contributed by atoms with van der Waals surface area (Å²) in [6.45, 7) is 1.72. The number of fused-ring (bicyclic) bond motifs is 2. The van der Waals surface area contributed by atoms with Crippen LogP contribution in [0.1, 0.15) is 43.3 Å². The van der Waals surface area contributed by atoms with E-state index in [4.69, 9.17) is 0 Å². The number of hydrogen-bond acceptors (Lipinski definition) is 3. The number of rotatable bonds is 2. The van der Waals surface area contributed by atoms with Crippen LogP contribution in [0.15, 0.2) is 29.5 Å². The number of allylic oxidation sites excluding steroid dienone is 4. The zero-order valence-corrected chi connectivity index (χ0v) is 13.9. The highest BCUT2D eigenvalue weighted by Crippen LogP contribution is 2.41. The number of amides is 1. The van der Waals surface area contributed by atoms with Crippen LogP contribution in [0.2, 0.25) is 0 Å². The van der Waals surface area contributed by atoms with Crippen LogP contribution in [0.3, 0.4) is 0 Å². The van der Waals surface area contributed by atoms with E-state index in [0.717, 1.165) is 22.3 Å². The molecule has 1 unspecified atom stereocenters. The second-order valence-electron chi connectivity index (χ2n) is 6.56. The van der Waals surface area contributed by atoms with E-state index in [2.05, 4.69) is 15.4 Å². The van der Waals surface area contributed by atoms with Crippen LogP contribution >= 0.6 is 0 Å². The van der Waals surface area contributed by atoms with Gasteiger partial charge in [-0.25, -0.2) is 18.3 Å². The van der Waals surface area contributed by atoms with E-state index in [9.17, 15) is 26.7 Å². The van der Waals surface area contributed by atoms with Gasteiger partial charge in [-0.2, -0.15) is 13.2 Å². The van der Waals surface area contributed by atoms with Gasteiger partial charge in [0, 0.05) is 23.6 Å². The molecule has 0 spiro atoms. The molecule has 0 saturated carbocycles. The standard InChI is InChI=1S/C17H13F5N4O/c1-7-4-9(5-8-6-12(27)24-13(7)8)14-10(15(18)19)2-3-11-23-16(17(20,21)22)25-26(11)14/h2-4,8,15H,5-6H2,1H3,(H,24,27). The van der Waals surface area contributed by atoms with Crippen molar-refractivity contribution in [3.05, 3.63) is 46.6 Å². The molecule has 2 aromatic heterocycles. The Balaban J connectivity index is 1.92. The predicted molar refractivity (Wildman–Crippen MR) is 84.5 cm³/mol. The van der Waals surface area contributed by atoms with Gasteiger partial charge >= 0.3 is 6.18 Å². The lowest BCUT2D eigenvalue weighted by molar-refractivity contribution is -0.144. The third-order valence-electron chi connectivity index (χ3n) is 4.72. The Hall–Kier alpha value is -2.78. The Kier molecular flexibility index (Phi) is 3.83. The molecule has 1 N–H and O–H groups in total. The monoisotopic (exact) mass is 384 g/mol. The minimum atomic E-state index is -4.79. The molecule has 0 bridgehead atoms. The van der Waals surface area contributed by atoms with Crippen molar-refractivity contribution in [2.75, 3.05) is 0 Å². The van der Waals surface area contributed by atoms with Gasteiger partial charge in [-0.1, -0.05) is 6.08 Å². The maximum absolute atomic E-state index is 13.6. The van der Waals surface area contributed by atoms with E-state index in [1.54, 1.807) is 13.0 Å². The molecule has 27 heavy (non-hydrogen) atoms. The summed E-state index contributed by atoms with van der Waals surface area (Å²) in [6.07, 6.45) is -5.65. The molecule has 142 valence electrons. The number of nitrogens with zero attached hydrogens (tertiary/aromatic N) is 3. The fourth-order valence-corrected chi connectivity index (χ4v) is 3.63. The largest absolute Gasteiger partial charge is 0.453 e. The Morgan fingerprint density at radius 2 is 2.00 bits per heavy atom. The van der Waals surface area contributed by atoms with Crippen LogP contribution in [0, 0.1) is 5.92 Å². The predicted octanol–water partition coefficient (Wildman–Crippen LogP) is 3.88. The molecule has 2 aromatic rings. The average Bonchev–Trinajstić information content (AvgIpc) is 3.16. The number of halogens is 5. The summed E-state index contributed by atoms with van der Waals surface area (Å²) < 4.78 is 67.0. The zero-order chi connectivity index (χ0) is 19.5. The highest BCUT2D eigenvalue weighted by atomic mass is 19.4. The van der Waals surface area contributed by atoms with Crippen LogP contribution in [0.4, 0.5) is 22.0 Å². The van der Waals surface area contributed by atoms with Crippen molar-refractivity contribution in [1.29, 1.82) is 0 Å². The maximum atomic E-state index is 13.6. The van der Waals surface area contributed by atoms with Crippen LogP contribution in [0.25, 0.3) is 11.2 Å². The van der Waals surface area contributed by atoms with Crippen molar-refractivity contribution in [2.45, 2.75) is 32.4 Å². The maximum Gasteiger partial charge on any atom is 0.453 e. The lowest BCUT2D eigenvalue weighted by Crippen LogP contribution is -2.17. The van der Waals surface area contributed by atoms with Gasteiger partial charge in [-0.15, -0.1) is 5.10 Å². The first-order valence-corrected chi connectivity index (χ1v) is 8.11. The highest BCUT2D eigenvalue weighted by molar-refractivity contribution is 5.84. The van der Waals surface area contributed by atoms with E-state index in [1.807, 2.05) is 0 Å². The number of carbonyl (C=O) groups is 1. The van der Waals surface area contributed by atoms with Crippen molar-refractivity contribution in [3.63, 3.8) is 0 Å². The summed E-state index contributed by atoms with van der Waals surface area (Å²) in [6, 6.07) is 2.16. The van der Waals surface area contributed by atoms with Crippen LogP contribution < -0.4 is 5.32 Å². The summed E-state index contributed by atoms with van der Waals surface area (Å²) in [5.41, 5.74) is 1.10. The third kappa shape index (κ3) is 2.88. The normalized spacial score (nSPS) is 20.3. The van der Waals surface area contributed by atoms with E-state index < -0.39 is 24.0 Å². The number of aromatic nitrogens is 3. The molecule has 1 fully saturated rings. The molecular weight excluding hydrogens is 371 g/mol. The summed E-state index contributed by atoms with van der Waals surface area (Å²) in [5.74, 6) is -1.78. The fourth-order valence-electron chi connectivity index (χ4n) is 3.63. The van der Waals surface area contributed by atoms with Crippen LogP contribution in [-0.2, 0) is 11.0 Å². The first-order valence-electron chi connectivity index (χ1n) is 8.11. The van der Waals surface area contributed by atoms with Crippen molar-refractivity contribution < 1.29 is 26.7 Å². The van der Waals surface area contributed by atoms with Crippen molar-refractivity contribution in [1.82, 2.24) is 19.9 Å². The highest BCUT2D eigenvalue weighted by Gasteiger charge is 2.38. The second kappa shape index (κ2) is 5.86. The van der Waals surface area contributed by atoms with E-state index in [-0.39, 0.29) is 36.0 Å². The molecule has 3 heterocycles. The van der Waals surface area contributed by atoms with Gasteiger partial charge in [-0.3, -0.25) is 4.79 Å². The van der Waals surface area contributed by atoms with Crippen molar-refractivity contribution in [3.8, 4) is 0 Å². The molecule has 1 saturated heterocycles. The van der Waals surface area contributed by atoms with E-state index >= 15 is 0 Å².